The highest BCUT2D eigenvalue weighted by atomic mass is 32.1. The van der Waals surface area contributed by atoms with Crippen LogP contribution in [0, 0.1) is 0 Å². The highest BCUT2D eigenvalue weighted by Crippen LogP contribution is 2.44. The predicted molar refractivity (Wildman–Crippen MR) is 56.9 cm³/mol. The van der Waals surface area contributed by atoms with Crippen molar-refractivity contribution in [3.05, 3.63) is 26.8 Å². The lowest BCUT2D eigenvalue weighted by Crippen LogP contribution is -2.47. The minimum absolute atomic E-state index is 0.547. The van der Waals surface area contributed by atoms with Crippen LogP contribution in [0.1, 0.15) is 24.8 Å². The van der Waals surface area contributed by atoms with Crippen molar-refractivity contribution in [1.29, 1.82) is 0 Å². The van der Waals surface area contributed by atoms with Crippen LogP contribution in [-0.2, 0) is 0 Å². The van der Waals surface area contributed by atoms with Gasteiger partial charge in [-0.25, -0.2) is 0 Å². The van der Waals surface area contributed by atoms with Crippen molar-refractivity contribution < 1.29 is 9.84 Å². The topological polar surface area (TPSA) is 78.2 Å². The molecule has 0 aliphatic carbocycles. The Hall–Kier alpha value is -1.23. The number of fused-ring (bicyclic) bond motifs is 1. The predicted octanol–water partition coefficient (Wildman–Crippen LogP) is 2.63. The molecule has 5 nitrogen and oxygen atoms in total. The van der Waals surface area contributed by atoms with E-state index in [1.165, 1.54) is 11.3 Å². The zero-order chi connectivity index (χ0) is 11.1. The molecule has 0 bridgehead atoms. The van der Waals surface area contributed by atoms with Crippen LogP contribution in [-0.4, -0.2) is 16.8 Å². The fourth-order valence-electron chi connectivity index (χ4n) is 1.65. The molecule has 15 heavy (non-hydrogen) atoms. The van der Waals surface area contributed by atoms with E-state index in [0.717, 1.165) is 4.88 Å². The SMILES string of the molecule is CC1(C)Oc2ccsc2[C@H](N=[N+]=[N-])[C@@H]1O. The largest absolute Gasteiger partial charge is 0.484 e. The number of azide groups is 1. The Kier molecular flexibility index (Phi) is 2.34. The van der Waals surface area contributed by atoms with E-state index in [2.05, 4.69) is 10.0 Å². The summed E-state index contributed by atoms with van der Waals surface area (Å²) in [6.07, 6.45) is -0.820. The molecule has 1 aliphatic rings. The van der Waals surface area contributed by atoms with Gasteiger partial charge in [-0.3, -0.25) is 0 Å². The number of aliphatic hydroxyl groups excluding tert-OH is 1. The molecule has 2 heterocycles. The van der Waals surface area contributed by atoms with E-state index in [1.54, 1.807) is 13.8 Å². The summed E-state index contributed by atoms with van der Waals surface area (Å²) in [5, 5.41) is 15.5. The molecule has 2 rings (SSSR count). The molecule has 6 heteroatoms. The van der Waals surface area contributed by atoms with E-state index in [4.69, 9.17) is 10.3 Å². The fourth-order valence-corrected chi connectivity index (χ4v) is 2.53. The van der Waals surface area contributed by atoms with E-state index >= 15 is 0 Å². The van der Waals surface area contributed by atoms with Gasteiger partial charge in [-0.05, 0) is 30.8 Å². The lowest BCUT2D eigenvalue weighted by molar-refractivity contribution is -0.0555. The molecule has 80 valence electrons. The summed E-state index contributed by atoms with van der Waals surface area (Å²) in [7, 11) is 0. The average molecular weight is 225 g/mol. The number of aliphatic hydroxyl groups is 1. The molecule has 1 aliphatic heterocycles. The summed E-state index contributed by atoms with van der Waals surface area (Å²) in [6.45, 7) is 3.55. The second-order valence-corrected chi connectivity index (χ2v) is 4.90. The average Bonchev–Trinajstić information content (AvgIpc) is 2.59. The maximum absolute atomic E-state index is 10.0. The van der Waals surface area contributed by atoms with Crippen molar-refractivity contribution in [2.75, 3.05) is 0 Å². The van der Waals surface area contributed by atoms with Crippen LogP contribution in [0.15, 0.2) is 16.6 Å². The molecule has 0 saturated carbocycles. The Bertz CT molecular complexity index is 423. The second-order valence-electron chi connectivity index (χ2n) is 3.95. The summed E-state index contributed by atoms with van der Waals surface area (Å²) in [6, 6.07) is 1.28. The first-order valence-electron chi connectivity index (χ1n) is 4.55. The minimum atomic E-state index is -0.820. The van der Waals surface area contributed by atoms with Crippen LogP contribution in [0.3, 0.4) is 0 Å². The van der Waals surface area contributed by atoms with Crippen LogP contribution < -0.4 is 4.74 Å². The maximum atomic E-state index is 10.0. The first-order valence-corrected chi connectivity index (χ1v) is 5.43. The quantitative estimate of drug-likeness (QED) is 0.453. The summed E-state index contributed by atoms with van der Waals surface area (Å²) >= 11 is 1.43. The van der Waals surface area contributed by atoms with Gasteiger partial charge in [0.25, 0.3) is 0 Å². The third-order valence-corrected chi connectivity index (χ3v) is 3.46. The Morgan fingerprint density at radius 1 is 1.67 bits per heavy atom. The zero-order valence-electron chi connectivity index (χ0n) is 8.41. The van der Waals surface area contributed by atoms with Gasteiger partial charge in [0.15, 0.2) is 0 Å². The van der Waals surface area contributed by atoms with Gasteiger partial charge in [0.1, 0.15) is 23.5 Å². The van der Waals surface area contributed by atoms with Crippen LogP contribution in [0.2, 0.25) is 0 Å². The summed E-state index contributed by atoms with van der Waals surface area (Å²) < 4.78 is 5.63. The molecule has 0 saturated heterocycles. The standard InChI is InChI=1S/C9H11N3O2S/c1-9(2)8(13)6(11-12-10)7-5(14-9)3-4-15-7/h3-4,6,8,13H,1-2H3/t6-,8-/m0/s1. The highest BCUT2D eigenvalue weighted by molar-refractivity contribution is 7.10. The van der Waals surface area contributed by atoms with Crippen LogP contribution in [0.25, 0.3) is 10.4 Å². The molecular weight excluding hydrogens is 214 g/mol. The highest BCUT2D eigenvalue weighted by Gasteiger charge is 2.43. The van der Waals surface area contributed by atoms with E-state index in [-0.39, 0.29) is 0 Å². The molecule has 1 aromatic rings. The summed E-state index contributed by atoms with van der Waals surface area (Å²) in [5.41, 5.74) is 7.75. The Morgan fingerprint density at radius 2 is 2.40 bits per heavy atom. The van der Waals surface area contributed by atoms with Crippen molar-refractivity contribution in [1.82, 2.24) is 0 Å². The number of thiophene rings is 1. The molecule has 1 N–H and O–H groups in total. The van der Waals surface area contributed by atoms with Crippen LogP contribution >= 0.6 is 11.3 Å². The van der Waals surface area contributed by atoms with Crippen molar-refractivity contribution >= 4 is 11.3 Å². The van der Waals surface area contributed by atoms with Gasteiger partial charge in [0, 0.05) is 4.91 Å². The lowest BCUT2D eigenvalue weighted by atomic mass is 9.91. The number of hydrogen-bond acceptors (Lipinski definition) is 4. The van der Waals surface area contributed by atoms with Crippen molar-refractivity contribution in [3.8, 4) is 5.75 Å². The number of hydrogen-bond donors (Lipinski definition) is 1. The van der Waals surface area contributed by atoms with Gasteiger partial charge < -0.3 is 9.84 Å². The van der Waals surface area contributed by atoms with E-state index in [0.29, 0.717) is 5.75 Å². The van der Waals surface area contributed by atoms with Crippen molar-refractivity contribution in [2.45, 2.75) is 31.6 Å². The molecule has 1 aromatic heterocycles. The van der Waals surface area contributed by atoms with Crippen molar-refractivity contribution in [3.63, 3.8) is 0 Å². The van der Waals surface area contributed by atoms with Crippen molar-refractivity contribution in [2.24, 2.45) is 5.11 Å². The normalized spacial score (nSPS) is 27.4. The second kappa shape index (κ2) is 3.41. The first-order chi connectivity index (χ1) is 7.06. The Morgan fingerprint density at radius 3 is 3.07 bits per heavy atom. The summed E-state index contributed by atoms with van der Waals surface area (Å²) in [4.78, 5) is 3.56. The van der Waals surface area contributed by atoms with Crippen LogP contribution in [0.5, 0.6) is 5.75 Å². The van der Waals surface area contributed by atoms with Gasteiger partial charge >= 0.3 is 0 Å². The van der Waals surface area contributed by atoms with Gasteiger partial charge in [-0.2, -0.15) is 0 Å². The van der Waals surface area contributed by atoms with Gasteiger partial charge in [-0.15, -0.1) is 11.3 Å². The van der Waals surface area contributed by atoms with Gasteiger partial charge in [0.2, 0.25) is 0 Å². The molecule has 2 atom stereocenters. The summed E-state index contributed by atoms with van der Waals surface area (Å²) in [5.74, 6) is 0.702. The van der Waals surface area contributed by atoms with E-state index in [1.807, 2.05) is 11.4 Å². The third-order valence-electron chi connectivity index (χ3n) is 2.49. The first kappa shape index (κ1) is 10.3. The number of ether oxygens (including phenoxy) is 1. The lowest BCUT2D eigenvalue weighted by Gasteiger charge is -2.38. The minimum Gasteiger partial charge on any atom is -0.484 e. The molecule has 0 unspecified atom stereocenters. The van der Waals surface area contributed by atoms with Gasteiger partial charge in [-0.1, -0.05) is 5.11 Å². The zero-order valence-corrected chi connectivity index (χ0v) is 9.23. The Balaban J connectivity index is 2.50. The molecule has 0 spiro atoms. The fraction of sp³-hybridized carbons (Fsp3) is 0.556. The smallest absolute Gasteiger partial charge is 0.134 e. The van der Waals surface area contributed by atoms with E-state index < -0.39 is 17.7 Å². The van der Waals surface area contributed by atoms with E-state index in [9.17, 15) is 5.11 Å². The monoisotopic (exact) mass is 225 g/mol. The van der Waals surface area contributed by atoms with Crippen LogP contribution in [0.4, 0.5) is 0 Å². The molecule has 0 radical (unpaired) electrons. The molecular formula is C9H11N3O2S. The number of nitrogens with zero attached hydrogens (tertiary/aromatic N) is 3. The van der Waals surface area contributed by atoms with Gasteiger partial charge in [0.05, 0.1) is 4.88 Å². The Labute approximate surface area is 90.9 Å². The molecule has 0 aromatic carbocycles. The third kappa shape index (κ3) is 1.56. The molecule has 0 fully saturated rings. The maximum Gasteiger partial charge on any atom is 0.134 e. The number of rotatable bonds is 1. The molecule has 0 amide bonds.